The van der Waals surface area contributed by atoms with Gasteiger partial charge in [-0.1, -0.05) is 23.9 Å². The number of carbonyl (C=O) groups is 2. The summed E-state index contributed by atoms with van der Waals surface area (Å²) in [5.41, 5.74) is 2.13. The number of likely N-dealkylation sites (tertiary alicyclic amines) is 1. The SMILES string of the molecule is CCN1C(=O)c2ccccc2Sc2ccc(C(=O)NCC[NH+]3C(C)CCCC3C)cc21. The van der Waals surface area contributed by atoms with E-state index in [1.165, 1.54) is 19.3 Å². The molecule has 31 heavy (non-hydrogen) atoms. The third kappa shape index (κ3) is 4.51. The lowest BCUT2D eigenvalue weighted by Crippen LogP contribution is -3.19. The van der Waals surface area contributed by atoms with Crippen molar-refractivity contribution in [1.82, 2.24) is 5.32 Å². The molecule has 0 radical (unpaired) electrons. The molecule has 2 aromatic carbocycles. The molecule has 0 spiro atoms. The van der Waals surface area contributed by atoms with Crippen LogP contribution in [-0.2, 0) is 0 Å². The van der Waals surface area contributed by atoms with Gasteiger partial charge in [-0.25, -0.2) is 0 Å². The lowest BCUT2D eigenvalue weighted by molar-refractivity contribution is -0.950. The molecule has 0 saturated carbocycles. The van der Waals surface area contributed by atoms with Crippen LogP contribution < -0.4 is 15.1 Å². The van der Waals surface area contributed by atoms with Gasteiger partial charge in [0.05, 0.1) is 36.4 Å². The third-order valence-electron chi connectivity index (χ3n) is 6.65. The maximum absolute atomic E-state index is 13.1. The molecule has 5 nitrogen and oxygen atoms in total. The Bertz CT molecular complexity index is 967. The summed E-state index contributed by atoms with van der Waals surface area (Å²) in [6, 6.07) is 14.7. The molecular weight excluding hydrogens is 406 g/mol. The maximum atomic E-state index is 13.1. The average molecular weight is 439 g/mol. The Morgan fingerprint density at radius 1 is 1.13 bits per heavy atom. The summed E-state index contributed by atoms with van der Waals surface area (Å²) < 4.78 is 0. The number of fused-ring (bicyclic) bond motifs is 2. The largest absolute Gasteiger partial charge is 0.346 e. The van der Waals surface area contributed by atoms with Gasteiger partial charge in [-0.2, -0.15) is 0 Å². The molecule has 2 aliphatic heterocycles. The first kappa shape index (κ1) is 21.9. The van der Waals surface area contributed by atoms with Crippen LogP contribution in [0.4, 0.5) is 5.69 Å². The van der Waals surface area contributed by atoms with Gasteiger partial charge in [0.2, 0.25) is 0 Å². The van der Waals surface area contributed by atoms with E-state index in [0.29, 0.717) is 36.3 Å². The second-order valence-electron chi connectivity index (χ2n) is 8.64. The van der Waals surface area contributed by atoms with Crippen LogP contribution in [0.15, 0.2) is 52.3 Å². The maximum Gasteiger partial charge on any atom is 0.259 e. The van der Waals surface area contributed by atoms with Crippen molar-refractivity contribution < 1.29 is 14.5 Å². The van der Waals surface area contributed by atoms with E-state index < -0.39 is 0 Å². The molecule has 4 rings (SSSR count). The summed E-state index contributed by atoms with van der Waals surface area (Å²) in [7, 11) is 0. The first-order valence-corrected chi connectivity index (χ1v) is 12.2. The highest BCUT2D eigenvalue weighted by Crippen LogP contribution is 2.41. The van der Waals surface area contributed by atoms with Gasteiger partial charge in [-0.15, -0.1) is 0 Å². The number of hydrogen-bond donors (Lipinski definition) is 2. The fourth-order valence-corrected chi connectivity index (χ4v) is 5.94. The van der Waals surface area contributed by atoms with E-state index >= 15 is 0 Å². The van der Waals surface area contributed by atoms with Crippen LogP contribution >= 0.6 is 11.8 Å². The fraction of sp³-hybridized carbons (Fsp3) is 0.440. The van der Waals surface area contributed by atoms with Gasteiger partial charge in [0.15, 0.2) is 0 Å². The van der Waals surface area contributed by atoms with Crippen LogP contribution in [0, 0.1) is 0 Å². The fourth-order valence-electron chi connectivity index (χ4n) is 4.88. The highest BCUT2D eigenvalue weighted by molar-refractivity contribution is 7.99. The number of hydrogen-bond acceptors (Lipinski definition) is 3. The topological polar surface area (TPSA) is 53.9 Å². The van der Waals surface area contributed by atoms with E-state index in [1.54, 1.807) is 21.6 Å². The van der Waals surface area contributed by atoms with Crippen molar-refractivity contribution in [2.24, 2.45) is 0 Å². The minimum Gasteiger partial charge on any atom is -0.346 e. The Labute approximate surface area is 189 Å². The van der Waals surface area contributed by atoms with Crippen molar-refractivity contribution in [1.29, 1.82) is 0 Å². The van der Waals surface area contributed by atoms with Gasteiger partial charge < -0.3 is 15.1 Å². The highest BCUT2D eigenvalue weighted by atomic mass is 32.2. The molecule has 0 aromatic heterocycles. The van der Waals surface area contributed by atoms with Gasteiger partial charge in [0, 0.05) is 21.9 Å². The van der Waals surface area contributed by atoms with Gasteiger partial charge in [0.1, 0.15) is 0 Å². The number of anilines is 1. The number of nitrogens with zero attached hydrogens (tertiary/aromatic N) is 1. The average Bonchev–Trinajstić information content (AvgIpc) is 2.88. The van der Waals surface area contributed by atoms with Crippen molar-refractivity contribution in [3.63, 3.8) is 0 Å². The Kier molecular flexibility index (Phi) is 6.68. The van der Waals surface area contributed by atoms with Crippen molar-refractivity contribution >= 4 is 29.3 Å². The standard InChI is InChI=1S/C25H31N3O2S/c1-4-27-21-16-19(24(29)26-14-15-28-17(2)8-7-9-18(28)3)12-13-23(21)31-22-11-6-5-10-20(22)25(27)30/h5-6,10-13,16-18H,4,7-9,14-15H2,1-3H3,(H,26,29)/p+1. The summed E-state index contributed by atoms with van der Waals surface area (Å²) in [4.78, 5) is 31.3. The van der Waals surface area contributed by atoms with Gasteiger partial charge in [0.25, 0.3) is 11.8 Å². The van der Waals surface area contributed by atoms with Crippen LogP contribution in [-0.4, -0.2) is 43.5 Å². The zero-order valence-electron chi connectivity index (χ0n) is 18.6. The number of nitrogens with one attached hydrogen (secondary N) is 2. The Hall–Kier alpha value is -2.31. The van der Waals surface area contributed by atoms with Crippen molar-refractivity contribution in [3.05, 3.63) is 53.6 Å². The van der Waals surface area contributed by atoms with Crippen molar-refractivity contribution in [2.75, 3.05) is 24.5 Å². The molecule has 164 valence electrons. The van der Waals surface area contributed by atoms with E-state index in [1.807, 2.05) is 49.4 Å². The van der Waals surface area contributed by atoms with E-state index in [2.05, 4.69) is 19.2 Å². The molecule has 2 unspecified atom stereocenters. The van der Waals surface area contributed by atoms with Crippen LogP contribution in [0.5, 0.6) is 0 Å². The summed E-state index contributed by atoms with van der Waals surface area (Å²) in [6.07, 6.45) is 3.83. The molecule has 6 heteroatoms. The number of rotatable bonds is 5. The first-order chi connectivity index (χ1) is 15.0. The molecule has 2 aromatic rings. The zero-order valence-corrected chi connectivity index (χ0v) is 19.4. The molecule has 0 aliphatic carbocycles. The summed E-state index contributed by atoms with van der Waals surface area (Å²) in [5, 5.41) is 3.10. The molecule has 2 aliphatic rings. The molecule has 0 bridgehead atoms. The van der Waals surface area contributed by atoms with Gasteiger partial charge in [-0.05, 0) is 70.4 Å². The molecule has 2 atom stereocenters. The second kappa shape index (κ2) is 9.45. The van der Waals surface area contributed by atoms with Crippen LogP contribution in [0.3, 0.4) is 0 Å². The Morgan fingerprint density at radius 3 is 2.61 bits per heavy atom. The van der Waals surface area contributed by atoms with Crippen molar-refractivity contribution in [3.8, 4) is 0 Å². The summed E-state index contributed by atoms with van der Waals surface area (Å²) in [6.45, 7) is 8.76. The predicted octanol–water partition coefficient (Wildman–Crippen LogP) is 3.39. The minimum atomic E-state index is -0.0743. The Morgan fingerprint density at radius 2 is 1.87 bits per heavy atom. The van der Waals surface area contributed by atoms with E-state index in [-0.39, 0.29) is 11.8 Å². The van der Waals surface area contributed by atoms with E-state index in [9.17, 15) is 9.59 Å². The molecular formula is C25H32N3O2S+. The molecule has 1 saturated heterocycles. The smallest absolute Gasteiger partial charge is 0.259 e. The molecule has 2 heterocycles. The number of piperidine rings is 1. The minimum absolute atomic E-state index is 0.0152. The highest BCUT2D eigenvalue weighted by Gasteiger charge is 2.29. The lowest BCUT2D eigenvalue weighted by Gasteiger charge is -2.35. The normalized spacial score (nSPS) is 23.0. The summed E-state index contributed by atoms with van der Waals surface area (Å²) >= 11 is 1.59. The monoisotopic (exact) mass is 438 g/mol. The van der Waals surface area contributed by atoms with Gasteiger partial charge in [-0.3, -0.25) is 9.59 Å². The number of benzene rings is 2. The quantitative estimate of drug-likeness (QED) is 0.752. The van der Waals surface area contributed by atoms with Crippen LogP contribution in [0.2, 0.25) is 0 Å². The number of carbonyl (C=O) groups excluding carboxylic acids is 2. The molecule has 2 amide bonds. The number of amides is 2. The zero-order chi connectivity index (χ0) is 22.0. The van der Waals surface area contributed by atoms with E-state index in [0.717, 1.165) is 22.0 Å². The number of quaternary nitrogens is 1. The predicted molar refractivity (Wildman–Crippen MR) is 125 cm³/mol. The van der Waals surface area contributed by atoms with Gasteiger partial charge >= 0.3 is 0 Å². The van der Waals surface area contributed by atoms with Crippen LogP contribution in [0.25, 0.3) is 0 Å². The van der Waals surface area contributed by atoms with Crippen LogP contribution in [0.1, 0.15) is 60.7 Å². The Balaban J connectivity index is 1.49. The second-order valence-corrected chi connectivity index (χ2v) is 9.73. The summed E-state index contributed by atoms with van der Waals surface area (Å²) in [5.74, 6) is -0.0895. The van der Waals surface area contributed by atoms with E-state index in [4.69, 9.17) is 0 Å². The molecule has 2 N–H and O–H groups in total. The van der Waals surface area contributed by atoms with Crippen molar-refractivity contribution in [2.45, 2.75) is 61.9 Å². The first-order valence-electron chi connectivity index (χ1n) is 11.4. The lowest BCUT2D eigenvalue weighted by atomic mass is 9.98. The third-order valence-corrected chi connectivity index (χ3v) is 7.79. The molecule has 1 fully saturated rings.